The van der Waals surface area contributed by atoms with Crippen LogP contribution < -0.4 is 0 Å². The predicted molar refractivity (Wildman–Crippen MR) is 79.4 cm³/mol. The number of fused-ring (bicyclic) bond motifs is 1. The zero-order chi connectivity index (χ0) is 16.1. The molecule has 2 unspecified atom stereocenters. The number of sulfonamides is 1. The molecule has 0 aromatic carbocycles. The summed E-state index contributed by atoms with van der Waals surface area (Å²) in [5, 5.41) is 9.37. The third-order valence-corrected chi connectivity index (χ3v) is 7.01. The molecule has 0 bridgehead atoms. The van der Waals surface area contributed by atoms with Crippen molar-refractivity contribution in [2.75, 3.05) is 6.54 Å². The van der Waals surface area contributed by atoms with Crippen LogP contribution in [0, 0.1) is 19.8 Å². The lowest BCUT2D eigenvalue weighted by Gasteiger charge is -2.36. The van der Waals surface area contributed by atoms with Gasteiger partial charge in [-0.15, -0.1) is 0 Å². The lowest BCUT2D eigenvalue weighted by atomic mass is 9.94. The van der Waals surface area contributed by atoms with E-state index in [2.05, 4.69) is 0 Å². The van der Waals surface area contributed by atoms with Crippen molar-refractivity contribution in [1.29, 1.82) is 0 Å². The van der Waals surface area contributed by atoms with Gasteiger partial charge in [0.2, 0.25) is 10.0 Å². The van der Waals surface area contributed by atoms with Crippen LogP contribution in [0.3, 0.4) is 0 Å². The largest absolute Gasteiger partial charge is 0.478 e. The summed E-state index contributed by atoms with van der Waals surface area (Å²) in [5.74, 6) is -0.545. The summed E-state index contributed by atoms with van der Waals surface area (Å²) < 4.78 is 33.0. The number of carboxylic acids is 1. The van der Waals surface area contributed by atoms with Gasteiger partial charge < -0.3 is 9.52 Å². The van der Waals surface area contributed by atoms with Crippen LogP contribution in [0.5, 0.6) is 0 Å². The highest BCUT2D eigenvalue weighted by atomic mass is 32.2. The fraction of sp³-hybridized carbons (Fsp3) is 0.667. The number of hydrogen-bond acceptors (Lipinski definition) is 4. The molecular weight excluding hydrogens is 306 g/mol. The molecule has 2 heterocycles. The van der Waals surface area contributed by atoms with Crippen molar-refractivity contribution in [3.05, 3.63) is 17.1 Å². The van der Waals surface area contributed by atoms with Crippen molar-refractivity contribution in [3.8, 4) is 0 Å². The van der Waals surface area contributed by atoms with Gasteiger partial charge in [0.15, 0.2) is 0 Å². The first-order valence-electron chi connectivity index (χ1n) is 7.69. The Morgan fingerprint density at radius 2 is 1.86 bits per heavy atom. The van der Waals surface area contributed by atoms with Crippen LogP contribution in [0.2, 0.25) is 0 Å². The van der Waals surface area contributed by atoms with Crippen molar-refractivity contribution >= 4 is 16.0 Å². The van der Waals surface area contributed by atoms with E-state index in [-0.39, 0.29) is 28.0 Å². The van der Waals surface area contributed by atoms with E-state index in [0.717, 1.165) is 32.1 Å². The Balaban J connectivity index is 2.09. The zero-order valence-electron chi connectivity index (χ0n) is 12.8. The van der Waals surface area contributed by atoms with E-state index in [1.165, 1.54) is 18.2 Å². The fourth-order valence-electron chi connectivity index (χ4n) is 4.05. The minimum atomic E-state index is -3.84. The van der Waals surface area contributed by atoms with Crippen molar-refractivity contribution in [3.63, 3.8) is 0 Å². The number of piperidine rings is 1. The highest BCUT2D eigenvalue weighted by molar-refractivity contribution is 7.89. The van der Waals surface area contributed by atoms with Crippen LogP contribution in [-0.2, 0) is 10.0 Å². The van der Waals surface area contributed by atoms with E-state index in [9.17, 15) is 18.3 Å². The van der Waals surface area contributed by atoms with Gasteiger partial charge in [-0.1, -0.05) is 6.42 Å². The normalized spacial score (nSPS) is 26.1. The number of furan rings is 1. The Morgan fingerprint density at radius 1 is 1.18 bits per heavy atom. The van der Waals surface area contributed by atoms with E-state index < -0.39 is 16.0 Å². The Morgan fingerprint density at radius 3 is 2.55 bits per heavy atom. The van der Waals surface area contributed by atoms with Crippen molar-refractivity contribution in [2.24, 2.45) is 5.92 Å². The highest BCUT2D eigenvalue weighted by Crippen LogP contribution is 2.41. The van der Waals surface area contributed by atoms with Crippen LogP contribution in [0.4, 0.5) is 0 Å². The molecule has 2 atom stereocenters. The van der Waals surface area contributed by atoms with Crippen LogP contribution in [0.1, 0.15) is 54.0 Å². The Kier molecular flexibility index (Phi) is 3.81. The first-order chi connectivity index (χ1) is 10.3. The van der Waals surface area contributed by atoms with Crippen molar-refractivity contribution < 1.29 is 22.7 Å². The molecule has 1 N–H and O–H groups in total. The van der Waals surface area contributed by atoms with Gasteiger partial charge in [0.05, 0.1) is 0 Å². The average Bonchev–Trinajstić information content (AvgIpc) is 3.01. The number of hydrogen-bond donors (Lipinski definition) is 1. The topological polar surface area (TPSA) is 87.8 Å². The molecule has 2 aliphatic rings. The fourth-order valence-corrected chi connectivity index (χ4v) is 6.18. The first kappa shape index (κ1) is 15.6. The maximum atomic E-state index is 13.1. The molecule has 1 saturated heterocycles. The minimum Gasteiger partial charge on any atom is -0.478 e. The van der Waals surface area contributed by atoms with Gasteiger partial charge in [-0.25, -0.2) is 13.2 Å². The molecule has 0 radical (unpaired) electrons. The molecular formula is C15H21NO5S. The second-order valence-corrected chi connectivity index (χ2v) is 8.07. The summed E-state index contributed by atoms with van der Waals surface area (Å²) in [6.07, 6.45) is 4.86. The second-order valence-electron chi connectivity index (χ2n) is 6.24. The minimum absolute atomic E-state index is 0.00926. The predicted octanol–water partition coefficient (Wildman–Crippen LogP) is 2.55. The SMILES string of the molecule is Cc1oc(C)c(S(=O)(=O)N2CCCC3CCCC32)c1C(=O)O. The third-order valence-electron chi connectivity index (χ3n) is 4.93. The number of carboxylic acid groups (broad SMARTS) is 1. The van der Waals surface area contributed by atoms with E-state index in [1.807, 2.05) is 0 Å². The van der Waals surface area contributed by atoms with E-state index in [4.69, 9.17) is 4.42 Å². The summed E-state index contributed by atoms with van der Waals surface area (Å²) in [6, 6.07) is 0.00926. The van der Waals surface area contributed by atoms with Gasteiger partial charge in [0, 0.05) is 12.6 Å². The molecule has 1 aromatic heterocycles. The van der Waals surface area contributed by atoms with E-state index in [0.29, 0.717) is 12.5 Å². The molecule has 22 heavy (non-hydrogen) atoms. The lowest BCUT2D eigenvalue weighted by Crippen LogP contribution is -2.46. The summed E-state index contributed by atoms with van der Waals surface area (Å²) in [7, 11) is -3.84. The molecule has 1 aliphatic carbocycles. The summed E-state index contributed by atoms with van der Waals surface area (Å²) >= 11 is 0. The smallest absolute Gasteiger partial charge is 0.340 e. The molecule has 3 rings (SSSR count). The number of aryl methyl sites for hydroxylation is 2. The number of aromatic carboxylic acids is 1. The molecule has 1 aromatic rings. The van der Waals surface area contributed by atoms with Crippen LogP contribution >= 0.6 is 0 Å². The average molecular weight is 327 g/mol. The monoisotopic (exact) mass is 327 g/mol. The van der Waals surface area contributed by atoms with Crippen LogP contribution in [0.25, 0.3) is 0 Å². The molecule has 1 aliphatic heterocycles. The molecule has 0 amide bonds. The summed E-state index contributed by atoms with van der Waals surface area (Å²) in [5.41, 5.74) is -0.224. The van der Waals surface area contributed by atoms with Crippen LogP contribution in [0.15, 0.2) is 9.31 Å². The second kappa shape index (κ2) is 5.38. The van der Waals surface area contributed by atoms with Gasteiger partial charge in [-0.2, -0.15) is 4.31 Å². The van der Waals surface area contributed by atoms with E-state index >= 15 is 0 Å². The van der Waals surface area contributed by atoms with Gasteiger partial charge in [0.25, 0.3) is 0 Å². The van der Waals surface area contributed by atoms with Crippen LogP contribution in [-0.4, -0.2) is 36.4 Å². The Hall–Kier alpha value is -1.34. The molecule has 7 heteroatoms. The first-order valence-corrected chi connectivity index (χ1v) is 9.13. The van der Waals surface area contributed by atoms with Gasteiger partial charge in [-0.3, -0.25) is 0 Å². The summed E-state index contributed by atoms with van der Waals surface area (Å²) in [6.45, 7) is 3.47. The van der Waals surface area contributed by atoms with E-state index in [1.54, 1.807) is 0 Å². The van der Waals surface area contributed by atoms with Gasteiger partial charge >= 0.3 is 5.97 Å². The molecule has 0 spiro atoms. The quantitative estimate of drug-likeness (QED) is 0.921. The maximum absolute atomic E-state index is 13.1. The maximum Gasteiger partial charge on any atom is 0.340 e. The van der Waals surface area contributed by atoms with Gasteiger partial charge in [0.1, 0.15) is 22.0 Å². The molecule has 1 saturated carbocycles. The lowest BCUT2D eigenvalue weighted by molar-refractivity contribution is 0.0691. The van der Waals surface area contributed by atoms with Gasteiger partial charge in [-0.05, 0) is 45.4 Å². The molecule has 6 nitrogen and oxygen atoms in total. The summed E-state index contributed by atoms with van der Waals surface area (Å²) in [4.78, 5) is 11.3. The number of nitrogens with zero attached hydrogens (tertiary/aromatic N) is 1. The zero-order valence-corrected chi connectivity index (χ0v) is 13.6. The number of carbonyl (C=O) groups is 1. The standard InChI is InChI=1S/C15H21NO5S/c1-9-13(15(17)18)14(10(2)21-9)22(19,20)16-8-4-6-11-5-3-7-12(11)16/h11-12H,3-8H2,1-2H3,(H,17,18). The Labute approximate surface area is 130 Å². The molecule has 2 fully saturated rings. The van der Waals surface area contributed by atoms with Crippen molar-refractivity contribution in [1.82, 2.24) is 4.31 Å². The molecule has 122 valence electrons. The third kappa shape index (κ3) is 2.27. The highest BCUT2D eigenvalue weighted by Gasteiger charge is 2.44. The number of rotatable bonds is 3. The van der Waals surface area contributed by atoms with Crippen molar-refractivity contribution in [2.45, 2.75) is 56.9 Å². The Bertz CT molecular complexity index is 706.